The van der Waals surface area contributed by atoms with Crippen LogP contribution in [-0.4, -0.2) is 56.1 Å². The van der Waals surface area contributed by atoms with Gasteiger partial charge in [-0.05, 0) is 32.7 Å². The van der Waals surface area contributed by atoms with Crippen molar-refractivity contribution < 1.29 is 13.2 Å². The molecule has 1 atom stereocenters. The highest BCUT2D eigenvalue weighted by Gasteiger charge is 2.24. The third kappa shape index (κ3) is 5.83. The molecule has 0 aromatic carbocycles. The zero-order valence-corrected chi connectivity index (χ0v) is 15.4. The van der Waals surface area contributed by atoms with E-state index in [4.69, 9.17) is 0 Å². The molecule has 0 saturated carbocycles. The van der Waals surface area contributed by atoms with Crippen LogP contribution in [0, 0.1) is 6.92 Å². The molecule has 1 amide bonds. The monoisotopic (exact) mass is 360 g/mol. The first-order valence-electron chi connectivity index (χ1n) is 7.72. The molecule has 1 aromatic rings. The minimum Gasteiger partial charge on any atom is -0.301 e. The van der Waals surface area contributed by atoms with Crippen molar-refractivity contribution in [3.63, 3.8) is 0 Å². The maximum Gasteiger partial charge on any atom is 0.240 e. The maximum atomic E-state index is 12.2. The van der Waals surface area contributed by atoms with E-state index in [1.165, 1.54) is 11.3 Å². The van der Waals surface area contributed by atoms with Crippen LogP contribution in [-0.2, 0) is 21.2 Å². The lowest BCUT2D eigenvalue weighted by Crippen LogP contribution is -2.49. The molecular formula is C14H24N4O3S2. The largest absolute Gasteiger partial charge is 0.301 e. The summed E-state index contributed by atoms with van der Waals surface area (Å²) in [5.74, 6) is -0.110. The maximum absolute atomic E-state index is 12.2. The van der Waals surface area contributed by atoms with Crippen LogP contribution in [0.1, 0.15) is 30.3 Å². The molecule has 2 rings (SSSR count). The van der Waals surface area contributed by atoms with Crippen LogP contribution in [0.25, 0.3) is 0 Å². The molecule has 2 N–H and O–H groups in total. The zero-order valence-electron chi connectivity index (χ0n) is 13.8. The predicted molar refractivity (Wildman–Crippen MR) is 92.3 cm³/mol. The Kier molecular flexibility index (Phi) is 6.12. The molecule has 2 heterocycles. The number of hydrogen-bond acceptors (Lipinski definition) is 6. The number of nitrogens with one attached hydrogen (secondary N) is 2. The van der Waals surface area contributed by atoms with Gasteiger partial charge in [0, 0.05) is 17.5 Å². The topological polar surface area (TPSA) is 91.4 Å². The summed E-state index contributed by atoms with van der Waals surface area (Å²) in [6.45, 7) is 5.64. The van der Waals surface area contributed by atoms with Gasteiger partial charge in [0.2, 0.25) is 15.9 Å². The molecule has 1 aliphatic rings. The Morgan fingerprint density at radius 2 is 2.22 bits per heavy atom. The van der Waals surface area contributed by atoms with Gasteiger partial charge in [-0.2, -0.15) is 0 Å². The lowest BCUT2D eigenvalue weighted by molar-refractivity contribution is -0.117. The van der Waals surface area contributed by atoms with Gasteiger partial charge in [-0.25, -0.2) is 18.1 Å². The Morgan fingerprint density at radius 3 is 2.83 bits per heavy atom. The summed E-state index contributed by atoms with van der Waals surface area (Å²) < 4.78 is 25.3. The molecule has 130 valence electrons. The number of aromatic nitrogens is 1. The number of likely N-dealkylation sites (tertiary alicyclic amines) is 1. The van der Waals surface area contributed by atoms with Crippen molar-refractivity contribution in [3.05, 3.63) is 10.6 Å². The summed E-state index contributed by atoms with van der Waals surface area (Å²) in [5, 5.41) is 3.47. The normalized spacial score (nSPS) is 19.7. The first-order valence-corrected chi connectivity index (χ1v) is 10.4. The molecule has 0 aliphatic carbocycles. The number of anilines is 1. The van der Waals surface area contributed by atoms with E-state index in [-0.39, 0.29) is 18.5 Å². The SMILES string of the molecule is CCc1nc(NC(=O)CN2CCCC(NS(C)(=O)=O)C2)sc1C. The Bertz CT molecular complexity index is 657. The standard InChI is InChI=1S/C14H24N4O3S2/c1-4-12-10(2)22-14(15-12)16-13(19)9-18-7-5-6-11(8-18)17-23(3,20)21/h11,17H,4-9H2,1-3H3,(H,15,16,19). The van der Waals surface area contributed by atoms with Gasteiger partial charge in [0.1, 0.15) is 0 Å². The van der Waals surface area contributed by atoms with Gasteiger partial charge in [0.05, 0.1) is 18.5 Å². The number of sulfonamides is 1. The summed E-state index contributed by atoms with van der Waals surface area (Å²) in [7, 11) is -3.21. The summed E-state index contributed by atoms with van der Waals surface area (Å²) in [6, 6.07) is -0.125. The van der Waals surface area contributed by atoms with Gasteiger partial charge in [0.25, 0.3) is 0 Å². The van der Waals surface area contributed by atoms with Gasteiger partial charge in [0.15, 0.2) is 5.13 Å². The average Bonchev–Trinajstić information content (AvgIpc) is 2.76. The third-order valence-electron chi connectivity index (χ3n) is 3.73. The number of hydrogen-bond donors (Lipinski definition) is 2. The van der Waals surface area contributed by atoms with Crippen LogP contribution in [0.15, 0.2) is 0 Å². The molecule has 1 saturated heterocycles. The first kappa shape index (κ1) is 18.3. The summed E-state index contributed by atoms with van der Waals surface area (Å²) >= 11 is 1.48. The van der Waals surface area contributed by atoms with Crippen molar-refractivity contribution in [1.82, 2.24) is 14.6 Å². The molecule has 1 aromatic heterocycles. The molecule has 0 spiro atoms. The molecule has 1 unspecified atom stereocenters. The third-order valence-corrected chi connectivity index (χ3v) is 5.42. The number of thiazole rings is 1. The van der Waals surface area contributed by atoms with Gasteiger partial charge in [-0.1, -0.05) is 6.92 Å². The van der Waals surface area contributed by atoms with E-state index in [0.29, 0.717) is 11.7 Å². The number of rotatable bonds is 6. The fraction of sp³-hybridized carbons (Fsp3) is 0.714. The number of piperidine rings is 1. The Labute approximate surface area is 141 Å². The number of carbonyl (C=O) groups excluding carboxylic acids is 1. The van der Waals surface area contributed by atoms with Gasteiger partial charge < -0.3 is 5.32 Å². The van der Waals surface area contributed by atoms with E-state index in [9.17, 15) is 13.2 Å². The molecule has 1 aliphatic heterocycles. The molecule has 7 nitrogen and oxygen atoms in total. The van der Waals surface area contributed by atoms with Crippen LogP contribution < -0.4 is 10.0 Å². The second kappa shape index (κ2) is 7.69. The Balaban J connectivity index is 1.86. The van der Waals surface area contributed by atoms with Crippen molar-refractivity contribution in [2.45, 2.75) is 39.2 Å². The Morgan fingerprint density at radius 1 is 1.48 bits per heavy atom. The molecule has 23 heavy (non-hydrogen) atoms. The predicted octanol–water partition coefficient (Wildman–Crippen LogP) is 0.966. The smallest absolute Gasteiger partial charge is 0.240 e. The number of aryl methyl sites for hydroxylation is 2. The van der Waals surface area contributed by atoms with Crippen LogP contribution >= 0.6 is 11.3 Å². The van der Waals surface area contributed by atoms with Crippen molar-refractivity contribution in [3.8, 4) is 0 Å². The quantitative estimate of drug-likeness (QED) is 0.789. The van der Waals surface area contributed by atoms with E-state index in [1.54, 1.807) is 0 Å². The lowest BCUT2D eigenvalue weighted by atomic mass is 10.1. The fourth-order valence-electron chi connectivity index (χ4n) is 2.77. The second-order valence-electron chi connectivity index (χ2n) is 5.89. The Hall–Kier alpha value is -1.03. The van der Waals surface area contributed by atoms with Crippen LogP contribution in [0.4, 0.5) is 5.13 Å². The molecule has 9 heteroatoms. The summed E-state index contributed by atoms with van der Waals surface area (Å²) in [4.78, 5) is 19.7. The first-order chi connectivity index (χ1) is 10.8. The minimum atomic E-state index is -3.21. The van der Waals surface area contributed by atoms with E-state index >= 15 is 0 Å². The van der Waals surface area contributed by atoms with Crippen molar-refractivity contribution in [2.24, 2.45) is 0 Å². The summed E-state index contributed by atoms with van der Waals surface area (Å²) in [5.41, 5.74) is 1.01. The van der Waals surface area contributed by atoms with E-state index in [1.807, 2.05) is 18.7 Å². The number of amides is 1. The van der Waals surface area contributed by atoms with Crippen molar-refractivity contribution in [2.75, 3.05) is 31.2 Å². The summed E-state index contributed by atoms with van der Waals surface area (Å²) in [6.07, 6.45) is 3.69. The molecule has 0 radical (unpaired) electrons. The van der Waals surface area contributed by atoms with E-state index < -0.39 is 10.0 Å². The average molecular weight is 361 g/mol. The molecule has 0 bridgehead atoms. The number of nitrogens with zero attached hydrogens (tertiary/aromatic N) is 2. The molecular weight excluding hydrogens is 336 g/mol. The van der Waals surface area contributed by atoms with Crippen LogP contribution in [0.3, 0.4) is 0 Å². The highest BCUT2D eigenvalue weighted by atomic mass is 32.2. The van der Waals surface area contributed by atoms with E-state index in [0.717, 1.165) is 42.6 Å². The van der Waals surface area contributed by atoms with Gasteiger partial charge in [-0.15, -0.1) is 11.3 Å². The van der Waals surface area contributed by atoms with Crippen molar-refractivity contribution >= 4 is 32.4 Å². The minimum absolute atomic E-state index is 0.110. The zero-order chi connectivity index (χ0) is 17.0. The lowest BCUT2D eigenvalue weighted by Gasteiger charge is -2.32. The van der Waals surface area contributed by atoms with Gasteiger partial charge >= 0.3 is 0 Å². The number of carbonyl (C=O) groups is 1. The highest BCUT2D eigenvalue weighted by Crippen LogP contribution is 2.22. The van der Waals surface area contributed by atoms with Crippen LogP contribution in [0.5, 0.6) is 0 Å². The van der Waals surface area contributed by atoms with Crippen LogP contribution in [0.2, 0.25) is 0 Å². The highest BCUT2D eigenvalue weighted by molar-refractivity contribution is 7.88. The fourth-order valence-corrected chi connectivity index (χ4v) is 4.49. The van der Waals surface area contributed by atoms with E-state index in [2.05, 4.69) is 15.0 Å². The molecule has 1 fully saturated rings. The van der Waals surface area contributed by atoms with Gasteiger partial charge in [-0.3, -0.25) is 9.69 Å². The second-order valence-corrected chi connectivity index (χ2v) is 8.87. The van der Waals surface area contributed by atoms with Crippen molar-refractivity contribution in [1.29, 1.82) is 0 Å².